The lowest BCUT2D eigenvalue weighted by Gasteiger charge is -2.36. The summed E-state index contributed by atoms with van der Waals surface area (Å²) in [6.07, 6.45) is 4.34. The van der Waals surface area contributed by atoms with E-state index in [4.69, 9.17) is 4.43 Å². The van der Waals surface area contributed by atoms with E-state index in [0.717, 1.165) is 11.3 Å². The number of Topliss-reactive ketones (excluding diaryl/α,β-unsaturated/α-hetero) is 1. The minimum absolute atomic E-state index is 0.170. The molecule has 20 heavy (non-hydrogen) atoms. The Balaban J connectivity index is 2.97. The summed E-state index contributed by atoms with van der Waals surface area (Å²) in [7, 11) is -1.84. The van der Waals surface area contributed by atoms with Gasteiger partial charge in [0.05, 0.1) is 0 Å². The van der Waals surface area contributed by atoms with E-state index in [1.165, 1.54) is 0 Å². The van der Waals surface area contributed by atoms with Crippen molar-refractivity contribution in [3.63, 3.8) is 0 Å². The summed E-state index contributed by atoms with van der Waals surface area (Å²) < 4.78 is 6.36. The van der Waals surface area contributed by atoms with Crippen LogP contribution in [0.15, 0.2) is 30.3 Å². The SMILES string of the molecule is CC(=O)CC=Cc1ccccc1O[Si](C)(C)C(C)(C)C. The molecule has 1 aromatic rings. The number of hydrogen-bond acceptors (Lipinski definition) is 2. The highest BCUT2D eigenvalue weighted by molar-refractivity contribution is 6.74. The number of carbonyl (C=O) groups is 1. The molecule has 0 bridgehead atoms. The average molecular weight is 290 g/mol. The third kappa shape index (κ3) is 4.64. The van der Waals surface area contributed by atoms with E-state index in [1.807, 2.05) is 36.4 Å². The second-order valence-electron chi connectivity index (χ2n) is 6.71. The maximum Gasteiger partial charge on any atom is 0.250 e. The summed E-state index contributed by atoms with van der Waals surface area (Å²) in [6, 6.07) is 8.02. The molecule has 0 saturated heterocycles. The van der Waals surface area contributed by atoms with Crippen LogP contribution in [0.1, 0.15) is 39.7 Å². The summed E-state index contributed by atoms with van der Waals surface area (Å²) in [6.45, 7) is 12.8. The van der Waals surface area contributed by atoms with Gasteiger partial charge in [0.2, 0.25) is 0 Å². The summed E-state index contributed by atoms with van der Waals surface area (Å²) >= 11 is 0. The maximum absolute atomic E-state index is 11.0. The van der Waals surface area contributed by atoms with Gasteiger partial charge >= 0.3 is 0 Å². The van der Waals surface area contributed by atoms with E-state index >= 15 is 0 Å². The molecule has 0 atom stereocenters. The molecule has 2 nitrogen and oxygen atoms in total. The minimum Gasteiger partial charge on any atom is -0.543 e. The van der Waals surface area contributed by atoms with Gasteiger partial charge in [-0.15, -0.1) is 0 Å². The smallest absolute Gasteiger partial charge is 0.250 e. The van der Waals surface area contributed by atoms with Gasteiger partial charge in [-0.3, -0.25) is 4.79 Å². The van der Waals surface area contributed by atoms with Crippen LogP contribution in [0.4, 0.5) is 0 Å². The summed E-state index contributed by atoms with van der Waals surface area (Å²) in [5, 5.41) is 0.170. The van der Waals surface area contributed by atoms with Crippen LogP contribution in [0.5, 0.6) is 5.75 Å². The van der Waals surface area contributed by atoms with Crippen molar-refractivity contribution in [2.45, 2.75) is 52.2 Å². The van der Waals surface area contributed by atoms with Crippen LogP contribution in [0.25, 0.3) is 6.08 Å². The molecule has 0 spiro atoms. The fraction of sp³-hybridized carbons (Fsp3) is 0.471. The van der Waals surface area contributed by atoms with Gasteiger partial charge < -0.3 is 4.43 Å². The zero-order chi connectivity index (χ0) is 15.4. The molecule has 0 fully saturated rings. The first-order valence-electron chi connectivity index (χ1n) is 7.07. The molecule has 0 aromatic heterocycles. The number of para-hydroxylation sites is 1. The van der Waals surface area contributed by atoms with Crippen LogP contribution in [0.2, 0.25) is 18.1 Å². The third-order valence-corrected chi connectivity index (χ3v) is 8.14. The summed E-state index contributed by atoms with van der Waals surface area (Å²) in [4.78, 5) is 11.0. The first-order chi connectivity index (χ1) is 9.13. The first kappa shape index (κ1) is 16.7. The Labute approximate surface area is 124 Å². The lowest BCUT2D eigenvalue weighted by Crippen LogP contribution is -2.44. The quantitative estimate of drug-likeness (QED) is 0.708. The second-order valence-corrected chi connectivity index (χ2v) is 11.4. The molecule has 0 aliphatic rings. The summed E-state index contributed by atoms with van der Waals surface area (Å²) in [5.41, 5.74) is 1.04. The van der Waals surface area contributed by atoms with Gasteiger partial charge in [0.15, 0.2) is 0 Å². The van der Waals surface area contributed by atoms with E-state index < -0.39 is 8.32 Å². The van der Waals surface area contributed by atoms with Crippen molar-refractivity contribution in [3.05, 3.63) is 35.9 Å². The molecule has 0 N–H and O–H groups in total. The van der Waals surface area contributed by atoms with Crippen LogP contribution < -0.4 is 4.43 Å². The van der Waals surface area contributed by atoms with Crippen LogP contribution >= 0.6 is 0 Å². The summed E-state index contributed by atoms with van der Waals surface area (Å²) in [5.74, 6) is 1.09. The zero-order valence-electron chi connectivity index (χ0n) is 13.5. The van der Waals surface area contributed by atoms with Crippen LogP contribution in [-0.2, 0) is 4.79 Å². The fourth-order valence-corrected chi connectivity index (χ4v) is 2.53. The van der Waals surface area contributed by atoms with Gasteiger partial charge in [0.1, 0.15) is 11.5 Å². The fourth-order valence-electron chi connectivity index (χ4n) is 1.49. The highest BCUT2D eigenvalue weighted by Gasteiger charge is 2.39. The second kappa shape index (κ2) is 6.40. The largest absolute Gasteiger partial charge is 0.543 e. The first-order valence-corrected chi connectivity index (χ1v) is 9.98. The van der Waals surface area contributed by atoms with Crippen molar-refractivity contribution in [1.82, 2.24) is 0 Å². The Morgan fingerprint density at radius 2 is 1.85 bits per heavy atom. The lowest BCUT2D eigenvalue weighted by molar-refractivity contribution is -0.116. The van der Waals surface area contributed by atoms with Crippen molar-refractivity contribution in [2.24, 2.45) is 0 Å². The Hall–Kier alpha value is -1.35. The molecule has 110 valence electrons. The van der Waals surface area contributed by atoms with Crippen molar-refractivity contribution >= 4 is 20.2 Å². The number of carbonyl (C=O) groups excluding carboxylic acids is 1. The maximum atomic E-state index is 11.0. The zero-order valence-corrected chi connectivity index (χ0v) is 14.5. The molecule has 0 unspecified atom stereocenters. The topological polar surface area (TPSA) is 26.3 Å². The van der Waals surface area contributed by atoms with Gasteiger partial charge in [-0.05, 0) is 31.1 Å². The number of allylic oxidation sites excluding steroid dienone is 1. The number of rotatable bonds is 5. The molecule has 0 aliphatic carbocycles. The van der Waals surface area contributed by atoms with Crippen LogP contribution in [0, 0.1) is 0 Å². The molecule has 3 heteroatoms. The third-order valence-electron chi connectivity index (χ3n) is 3.79. The lowest BCUT2D eigenvalue weighted by atomic mass is 10.1. The molecule has 0 heterocycles. The minimum atomic E-state index is -1.84. The van der Waals surface area contributed by atoms with Crippen LogP contribution in [-0.4, -0.2) is 14.1 Å². The van der Waals surface area contributed by atoms with E-state index in [-0.39, 0.29) is 10.8 Å². The van der Waals surface area contributed by atoms with Crippen molar-refractivity contribution in [2.75, 3.05) is 0 Å². The van der Waals surface area contributed by atoms with E-state index in [9.17, 15) is 4.79 Å². The molecule has 0 radical (unpaired) electrons. The number of hydrogen-bond donors (Lipinski definition) is 0. The van der Waals surface area contributed by atoms with Gasteiger partial charge in [-0.25, -0.2) is 0 Å². The molecule has 0 aliphatic heterocycles. The Morgan fingerprint density at radius 3 is 2.40 bits per heavy atom. The van der Waals surface area contributed by atoms with E-state index in [0.29, 0.717) is 6.42 Å². The standard InChI is InChI=1S/C17H26O2Si/c1-14(18)10-9-12-15-11-7-8-13-16(15)19-20(5,6)17(2,3)4/h7-9,11-13H,10H2,1-6H3. The van der Waals surface area contributed by atoms with Crippen molar-refractivity contribution < 1.29 is 9.22 Å². The predicted octanol–water partition coefficient (Wildman–Crippen LogP) is 5.06. The molecule has 1 aromatic carbocycles. The van der Waals surface area contributed by atoms with Crippen LogP contribution in [0.3, 0.4) is 0 Å². The number of benzene rings is 1. The number of ketones is 1. The highest BCUT2D eigenvalue weighted by atomic mass is 28.4. The van der Waals surface area contributed by atoms with Crippen molar-refractivity contribution in [3.8, 4) is 5.75 Å². The molecular weight excluding hydrogens is 264 g/mol. The molecule has 0 amide bonds. The average Bonchev–Trinajstić information content (AvgIpc) is 2.29. The molecule has 0 saturated carbocycles. The molecular formula is C17H26O2Si. The van der Waals surface area contributed by atoms with Gasteiger partial charge in [0.25, 0.3) is 8.32 Å². The molecule has 1 rings (SSSR count). The van der Waals surface area contributed by atoms with E-state index in [2.05, 4.69) is 33.9 Å². The predicted molar refractivity (Wildman–Crippen MR) is 88.6 cm³/mol. The van der Waals surface area contributed by atoms with Gasteiger partial charge in [-0.2, -0.15) is 0 Å². The van der Waals surface area contributed by atoms with Gasteiger partial charge in [0, 0.05) is 12.0 Å². The Kier molecular flexibility index (Phi) is 5.34. The van der Waals surface area contributed by atoms with Crippen molar-refractivity contribution in [1.29, 1.82) is 0 Å². The monoisotopic (exact) mass is 290 g/mol. The Morgan fingerprint density at radius 1 is 1.25 bits per heavy atom. The highest BCUT2D eigenvalue weighted by Crippen LogP contribution is 2.38. The van der Waals surface area contributed by atoms with E-state index in [1.54, 1.807) is 6.92 Å². The van der Waals surface area contributed by atoms with Gasteiger partial charge in [-0.1, -0.05) is 51.1 Å². The normalized spacial score (nSPS) is 12.7. The Bertz CT molecular complexity index is 496.